The summed E-state index contributed by atoms with van der Waals surface area (Å²) in [6, 6.07) is 2.13. The van der Waals surface area contributed by atoms with E-state index in [1.807, 2.05) is 17.9 Å². The molecule has 1 spiro atoms. The predicted molar refractivity (Wildman–Crippen MR) is 69.2 cm³/mol. The highest BCUT2D eigenvalue weighted by atomic mass is 15.3. The zero-order chi connectivity index (χ0) is 11.7. The van der Waals surface area contributed by atoms with E-state index in [4.69, 9.17) is 0 Å². The molecule has 0 aromatic carbocycles. The number of rotatable bonds is 1. The summed E-state index contributed by atoms with van der Waals surface area (Å²) in [5.41, 5.74) is 0.369. The van der Waals surface area contributed by atoms with Crippen LogP contribution in [-0.2, 0) is 7.05 Å². The van der Waals surface area contributed by atoms with Crippen LogP contribution in [0.1, 0.15) is 32.1 Å². The van der Waals surface area contributed by atoms with Gasteiger partial charge in [-0.1, -0.05) is 12.8 Å². The van der Waals surface area contributed by atoms with Gasteiger partial charge in [-0.15, -0.1) is 0 Å². The lowest BCUT2D eigenvalue weighted by Gasteiger charge is -2.33. The van der Waals surface area contributed by atoms with Crippen LogP contribution < -0.4 is 10.2 Å². The van der Waals surface area contributed by atoms with Crippen LogP contribution in [0.3, 0.4) is 0 Å². The molecule has 2 aliphatic rings. The molecule has 2 fully saturated rings. The molecule has 1 saturated heterocycles. The van der Waals surface area contributed by atoms with E-state index in [1.165, 1.54) is 32.1 Å². The lowest BCUT2D eigenvalue weighted by Crippen LogP contribution is -2.49. The van der Waals surface area contributed by atoms with Gasteiger partial charge in [0.05, 0.1) is 0 Å². The molecular weight excluding hydrogens is 212 g/mol. The van der Waals surface area contributed by atoms with Crippen LogP contribution in [0.4, 0.5) is 5.82 Å². The van der Waals surface area contributed by atoms with Gasteiger partial charge in [0.15, 0.2) is 5.82 Å². The van der Waals surface area contributed by atoms with Gasteiger partial charge in [0.2, 0.25) is 0 Å². The molecule has 94 valence electrons. The Kier molecular flexibility index (Phi) is 2.82. The first-order valence-corrected chi connectivity index (χ1v) is 6.77. The molecule has 0 atom stereocenters. The largest absolute Gasteiger partial charge is 0.353 e. The van der Waals surface area contributed by atoms with Gasteiger partial charge in [-0.2, -0.15) is 5.10 Å². The molecule has 0 bridgehead atoms. The van der Waals surface area contributed by atoms with Gasteiger partial charge in [-0.05, 0) is 25.8 Å². The zero-order valence-electron chi connectivity index (χ0n) is 10.7. The van der Waals surface area contributed by atoms with E-state index < -0.39 is 0 Å². The number of hydrogen-bond acceptors (Lipinski definition) is 3. The highest BCUT2D eigenvalue weighted by Crippen LogP contribution is 2.32. The van der Waals surface area contributed by atoms with E-state index in [0.717, 1.165) is 25.5 Å². The number of hydrogen-bond donors (Lipinski definition) is 1. The van der Waals surface area contributed by atoms with Crippen LogP contribution in [0, 0.1) is 0 Å². The number of nitrogens with zero attached hydrogens (tertiary/aromatic N) is 3. The van der Waals surface area contributed by atoms with Crippen molar-refractivity contribution in [3.63, 3.8) is 0 Å². The lowest BCUT2D eigenvalue weighted by atomic mass is 9.97. The predicted octanol–water partition coefficient (Wildman–Crippen LogP) is 1.53. The topological polar surface area (TPSA) is 33.1 Å². The van der Waals surface area contributed by atoms with Crippen molar-refractivity contribution in [1.29, 1.82) is 0 Å². The minimum Gasteiger partial charge on any atom is -0.353 e. The summed E-state index contributed by atoms with van der Waals surface area (Å²) in [5, 5.41) is 8.33. The number of anilines is 1. The van der Waals surface area contributed by atoms with Crippen molar-refractivity contribution >= 4 is 5.82 Å². The number of nitrogens with one attached hydrogen (secondary N) is 1. The standard InChI is InChI=1S/C13H22N4/c1-16-10-5-12(15-16)17-9-4-8-14-13(11-17)6-2-3-7-13/h5,10,14H,2-4,6-9,11H2,1H3. The molecule has 1 aliphatic heterocycles. The van der Waals surface area contributed by atoms with E-state index in [-0.39, 0.29) is 0 Å². The first kappa shape index (κ1) is 11.1. The molecule has 1 aromatic heterocycles. The molecule has 1 aromatic rings. The first-order valence-electron chi connectivity index (χ1n) is 6.77. The molecule has 4 heteroatoms. The molecule has 4 nitrogen and oxygen atoms in total. The third kappa shape index (κ3) is 2.18. The molecule has 2 heterocycles. The molecule has 3 rings (SSSR count). The second-order valence-electron chi connectivity index (χ2n) is 5.54. The Morgan fingerprint density at radius 2 is 2.12 bits per heavy atom. The summed E-state index contributed by atoms with van der Waals surface area (Å²) >= 11 is 0. The summed E-state index contributed by atoms with van der Waals surface area (Å²) in [6.45, 7) is 3.42. The van der Waals surface area contributed by atoms with Gasteiger partial charge in [0.25, 0.3) is 0 Å². The quantitative estimate of drug-likeness (QED) is 0.800. The Labute approximate surface area is 103 Å². The van der Waals surface area contributed by atoms with Crippen molar-refractivity contribution in [2.45, 2.75) is 37.6 Å². The highest BCUT2D eigenvalue weighted by Gasteiger charge is 2.36. The van der Waals surface area contributed by atoms with Gasteiger partial charge in [-0.3, -0.25) is 4.68 Å². The number of aromatic nitrogens is 2. The van der Waals surface area contributed by atoms with Crippen LogP contribution >= 0.6 is 0 Å². The summed E-state index contributed by atoms with van der Waals surface area (Å²) in [7, 11) is 1.99. The maximum Gasteiger partial charge on any atom is 0.150 e. The Bertz CT molecular complexity index is 379. The van der Waals surface area contributed by atoms with Crippen LogP contribution in [0.25, 0.3) is 0 Å². The molecule has 1 aliphatic carbocycles. The van der Waals surface area contributed by atoms with E-state index in [9.17, 15) is 0 Å². The molecule has 0 radical (unpaired) electrons. The van der Waals surface area contributed by atoms with Crippen molar-refractivity contribution in [2.24, 2.45) is 7.05 Å². The summed E-state index contributed by atoms with van der Waals surface area (Å²) < 4.78 is 1.90. The van der Waals surface area contributed by atoms with Crippen molar-refractivity contribution in [2.75, 3.05) is 24.5 Å². The Morgan fingerprint density at radius 3 is 2.82 bits per heavy atom. The average Bonchev–Trinajstić information content (AvgIpc) is 2.87. The molecule has 1 saturated carbocycles. The fourth-order valence-electron chi connectivity index (χ4n) is 3.28. The third-order valence-electron chi connectivity index (χ3n) is 4.18. The maximum absolute atomic E-state index is 4.55. The molecule has 0 unspecified atom stereocenters. The van der Waals surface area contributed by atoms with E-state index >= 15 is 0 Å². The Morgan fingerprint density at radius 1 is 1.29 bits per heavy atom. The fraction of sp³-hybridized carbons (Fsp3) is 0.769. The molecule has 17 heavy (non-hydrogen) atoms. The zero-order valence-corrected chi connectivity index (χ0v) is 10.7. The van der Waals surface area contributed by atoms with Crippen LogP contribution in [0.15, 0.2) is 12.3 Å². The average molecular weight is 234 g/mol. The fourth-order valence-corrected chi connectivity index (χ4v) is 3.28. The third-order valence-corrected chi connectivity index (χ3v) is 4.18. The van der Waals surface area contributed by atoms with Crippen molar-refractivity contribution < 1.29 is 0 Å². The minimum absolute atomic E-state index is 0.369. The highest BCUT2D eigenvalue weighted by molar-refractivity contribution is 5.38. The van der Waals surface area contributed by atoms with E-state index in [1.54, 1.807) is 0 Å². The molecule has 1 N–H and O–H groups in total. The van der Waals surface area contributed by atoms with Crippen LogP contribution in [-0.4, -0.2) is 35.0 Å². The van der Waals surface area contributed by atoms with Gasteiger partial charge in [-0.25, -0.2) is 0 Å². The smallest absolute Gasteiger partial charge is 0.150 e. The van der Waals surface area contributed by atoms with Crippen molar-refractivity contribution in [3.8, 4) is 0 Å². The maximum atomic E-state index is 4.55. The summed E-state index contributed by atoms with van der Waals surface area (Å²) in [4.78, 5) is 2.46. The first-order chi connectivity index (χ1) is 8.27. The number of aryl methyl sites for hydroxylation is 1. The van der Waals surface area contributed by atoms with Crippen molar-refractivity contribution in [3.05, 3.63) is 12.3 Å². The second kappa shape index (κ2) is 4.33. The normalized spacial score (nSPS) is 24.2. The second-order valence-corrected chi connectivity index (χ2v) is 5.54. The van der Waals surface area contributed by atoms with Gasteiger partial charge < -0.3 is 10.2 Å². The van der Waals surface area contributed by atoms with Gasteiger partial charge in [0.1, 0.15) is 0 Å². The van der Waals surface area contributed by atoms with Gasteiger partial charge >= 0.3 is 0 Å². The monoisotopic (exact) mass is 234 g/mol. The minimum atomic E-state index is 0.369. The van der Waals surface area contributed by atoms with Crippen LogP contribution in [0.2, 0.25) is 0 Å². The van der Waals surface area contributed by atoms with Gasteiger partial charge in [0, 0.05) is 37.9 Å². The Balaban J connectivity index is 1.80. The summed E-state index contributed by atoms with van der Waals surface area (Å²) in [6.07, 6.45) is 8.67. The molecule has 0 amide bonds. The summed E-state index contributed by atoms with van der Waals surface area (Å²) in [5.74, 6) is 1.14. The van der Waals surface area contributed by atoms with E-state index in [0.29, 0.717) is 5.54 Å². The molecular formula is C13H22N4. The Hall–Kier alpha value is -1.03. The lowest BCUT2D eigenvalue weighted by molar-refractivity contribution is 0.354. The van der Waals surface area contributed by atoms with Crippen LogP contribution in [0.5, 0.6) is 0 Å². The SMILES string of the molecule is Cn1ccc(N2CCCNC3(CCCC3)C2)n1. The van der Waals surface area contributed by atoms with E-state index in [2.05, 4.69) is 21.4 Å². The van der Waals surface area contributed by atoms with Crippen molar-refractivity contribution in [1.82, 2.24) is 15.1 Å².